The maximum absolute atomic E-state index is 12.6. The van der Waals surface area contributed by atoms with Crippen molar-refractivity contribution < 1.29 is 19.1 Å². The number of carbonyl (C=O) groups excluding carboxylic acids is 2. The van der Waals surface area contributed by atoms with E-state index in [1.165, 1.54) is 11.8 Å². The number of anilines is 1. The van der Waals surface area contributed by atoms with Crippen LogP contribution in [0.2, 0.25) is 0 Å². The van der Waals surface area contributed by atoms with Crippen LogP contribution >= 0.6 is 24.0 Å². The van der Waals surface area contributed by atoms with E-state index in [0.717, 1.165) is 5.75 Å². The van der Waals surface area contributed by atoms with Crippen molar-refractivity contribution in [1.82, 2.24) is 4.90 Å². The van der Waals surface area contributed by atoms with E-state index < -0.39 is 0 Å². The Morgan fingerprint density at radius 3 is 2.52 bits per heavy atom. The average Bonchev–Trinajstić information content (AvgIpc) is 3.02. The minimum Gasteiger partial charge on any atom is -0.494 e. The maximum atomic E-state index is 12.6. The molecule has 1 saturated heterocycles. The van der Waals surface area contributed by atoms with Gasteiger partial charge in [-0.3, -0.25) is 14.5 Å². The Hall–Kier alpha value is -2.84. The van der Waals surface area contributed by atoms with Crippen molar-refractivity contribution in [2.75, 3.05) is 18.5 Å². The highest BCUT2D eigenvalue weighted by Gasteiger charge is 2.33. The van der Waals surface area contributed by atoms with Crippen LogP contribution < -0.4 is 14.8 Å². The van der Waals surface area contributed by atoms with Gasteiger partial charge in [0.1, 0.15) is 15.8 Å². The summed E-state index contributed by atoms with van der Waals surface area (Å²) < 4.78 is 11.7. The van der Waals surface area contributed by atoms with Gasteiger partial charge >= 0.3 is 0 Å². The summed E-state index contributed by atoms with van der Waals surface area (Å²) in [6.07, 6.45) is 1.75. The molecule has 1 fully saturated rings. The quantitative estimate of drug-likeness (QED) is 0.458. The van der Waals surface area contributed by atoms with E-state index in [0.29, 0.717) is 32.8 Å². The highest BCUT2D eigenvalue weighted by Crippen LogP contribution is 2.35. The summed E-state index contributed by atoms with van der Waals surface area (Å²) in [5, 5.41) is 2.79. The Morgan fingerprint density at radius 1 is 1.16 bits per heavy atom. The van der Waals surface area contributed by atoms with Crippen LogP contribution in [0, 0.1) is 0 Å². The van der Waals surface area contributed by atoms with E-state index >= 15 is 0 Å². The number of hydrogen-bond acceptors (Lipinski definition) is 6. The van der Waals surface area contributed by atoms with Crippen LogP contribution in [0.5, 0.6) is 11.5 Å². The number of rotatable bonds is 8. The topological polar surface area (TPSA) is 67.9 Å². The predicted octanol–water partition coefficient (Wildman–Crippen LogP) is 4.71. The molecule has 2 aromatic rings. The Balaban J connectivity index is 1.65. The first-order valence-electron chi connectivity index (χ1n) is 9.90. The van der Waals surface area contributed by atoms with Gasteiger partial charge in [-0.1, -0.05) is 42.2 Å². The molecule has 1 heterocycles. The van der Waals surface area contributed by atoms with Crippen LogP contribution in [0.1, 0.15) is 26.3 Å². The van der Waals surface area contributed by atoms with E-state index in [1.54, 1.807) is 41.3 Å². The molecule has 0 aromatic heterocycles. The molecule has 8 heteroatoms. The van der Waals surface area contributed by atoms with E-state index in [4.69, 9.17) is 21.7 Å². The number of benzene rings is 2. The minimum atomic E-state index is -0.287. The van der Waals surface area contributed by atoms with Crippen molar-refractivity contribution in [2.45, 2.75) is 26.8 Å². The molecule has 2 amide bonds. The van der Waals surface area contributed by atoms with Gasteiger partial charge < -0.3 is 14.8 Å². The Labute approximate surface area is 191 Å². The van der Waals surface area contributed by atoms with Gasteiger partial charge in [0.2, 0.25) is 0 Å². The largest absolute Gasteiger partial charge is 0.494 e. The van der Waals surface area contributed by atoms with E-state index in [1.807, 2.05) is 39.0 Å². The number of para-hydroxylation sites is 1. The molecule has 1 aliphatic rings. The zero-order chi connectivity index (χ0) is 22.4. The van der Waals surface area contributed by atoms with Gasteiger partial charge in [0.15, 0.2) is 6.61 Å². The highest BCUT2D eigenvalue weighted by molar-refractivity contribution is 8.26. The molecule has 0 bridgehead atoms. The predicted molar refractivity (Wildman–Crippen MR) is 128 cm³/mol. The number of thiocarbonyl (C=S) groups is 1. The van der Waals surface area contributed by atoms with Crippen molar-refractivity contribution in [2.24, 2.45) is 0 Å². The molecule has 3 rings (SSSR count). The molecule has 2 aromatic carbocycles. The van der Waals surface area contributed by atoms with Crippen LogP contribution in [-0.2, 0) is 9.59 Å². The standard InChI is InChI=1S/C23H24N2O4S2/c1-4-28-18-11-9-17(10-12-18)24-21(26)14-29-19-8-6-5-7-16(19)13-20-22(27)25(15(2)3)23(30)31-20/h5-13,15H,4,14H2,1-3H3,(H,24,26)/b20-13-. The Kier molecular flexibility index (Phi) is 7.70. The Bertz CT molecular complexity index is 1000. The number of ether oxygens (including phenoxy) is 2. The third-order valence-corrected chi connectivity index (χ3v) is 5.68. The van der Waals surface area contributed by atoms with Crippen LogP contribution in [-0.4, -0.2) is 40.3 Å². The lowest BCUT2D eigenvalue weighted by molar-refractivity contribution is -0.123. The monoisotopic (exact) mass is 456 g/mol. The van der Waals surface area contributed by atoms with Crippen molar-refractivity contribution in [3.05, 3.63) is 59.0 Å². The molecular formula is C23H24N2O4S2. The van der Waals surface area contributed by atoms with Crippen molar-refractivity contribution in [3.63, 3.8) is 0 Å². The summed E-state index contributed by atoms with van der Waals surface area (Å²) in [6, 6.07) is 14.4. The maximum Gasteiger partial charge on any atom is 0.266 e. The van der Waals surface area contributed by atoms with Gasteiger partial charge in [0.25, 0.3) is 11.8 Å². The highest BCUT2D eigenvalue weighted by atomic mass is 32.2. The van der Waals surface area contributed by atoms with Crippen molar-refractivity contribution in [3.8, 4) is 11.5 Å². The third-order valence-electron chi connectivity index (χ3n) is 4.35. The molecular weight excluding hydrogens is 432 g/mol. The molecule has 0 saturated carbocycles. The van der Waals surface area contributed by atoms with Crippen LogP contribution in [0.25, 0.3) is 6.08 Å². The lowest BCUT2D eigenvalue weighted by Crippen LogP contribution is -2.34. The summed E-state index contributed by atoms with van der Waals surface area (Å²) in [4.78, 5) is 27.1. The van der Waals surface area contributed by atoms with Crippen LogP contribution in [0.4, 0.5) is 5.69 Å². The molecule has 1 N–H and O–H groups in total. The number of thioether (sulfide) groups is 1. The number of hydrogen-bond donors (Lipinski definition) is 1. The first-order valence-corrected chi connectivity index (χ1v) is 11.1. The van der Waals surface area contributed by atoms with E-state index in [-0.39, 0.29) is 24.5 Å². The third kappa shape index (κ3) is 5.86. The average molecular weight is 457 g/mol. The molecule has 0 unspecified atom stereocenters. The molecule has 0 radical (unpaired) electrons. The van der Waals surface area contributed by atoms with Gasteiger partial charge in [0.05, 0.1) is 11.5 Å². The summed E-state index contributed by atoms with van der Waals surface area (Å²) >= 11 is 6.59. The minimum absolute atomic E-state index is 0.00353. The zero-order valence-electron chi connectivity index (χ0n) is 17.6. The lowest BCUT2D eigenvalue weighted by atomic mass is 10.2. The molecule has 0 atom stereocenters. The smallest absolute Gasteiger partial charge is 0.266 e. The summed E-state index contributed by atoms with van der Waals surface area (Å²) in [7, 11) is 0. The molecule has 0 spiro atoms. The van der Waals surface area contributed by atoms with Crippen LogP contribution in [0.3, 0.4) is 0 Å². The lowest BCUT2D eigenvalue weighted by Gasteiger charge is -2.18. The molecule has 162 valence electrons. The number of nitrogens with zero attached hydrogens (tertiary/aromatic N) is 1. The zero-order valence-corrected chi connectivity index (χ0v) is 19.2. The summed E-state index contributed by atoms with van der Waals surface area (Å²) in [5.41, 5.74) is 1.36. The fourth-order valence-electron chi connectivity index (χ4n) is 2.94. The molecule has 1 aliphatic heterocycles. The SMILES string of the molecule is CCOc1ccc(NC(=O)COc2ccccc2/C=C2\SC(=S)N(C(C)C)C2=O)cc1. The summed E-state index contributed by atoms with van der Waals surface area (Å²) in [6.45, 7) is 6.18. The normalized spacial score (nSPS) is 15.0. The van der Waals surface area contributed by atoms with E-state index in [9.17, 15) is 9.59 Å². The van der Waals surface area contributed by atoms with Gasteiger partial charge in [-0.15, -0.1) is 0 Å². The van der Waals surface area contributed by atoms with E-state index in [2.05, 4.69) is 5.32 Å². The Morgan fingerprint density at radius 2 is 1.87 bits per heavy atom. The first kappa shape index (κ1) is 22.8. The molecule has 6 nitrogen and oxygen atoms in total. The second kappa shape index (κ2) is 10.5. The summed E-state index contributed by atoms with van der Waals surface area (Å²) in [5.74, 6) is 0.853. The number of carbonyl (C=O) groups is 2. The second-order valence-electron chi connectivity index (χ2n) is 6.98. The van der Waals surface area contributed by atoms with Crippen molar-refractivity contribution in [1.29, 1.82) is 0 Å². The van der Waals surface area contributed by atoms with Gasteiger partial charge in [0, 0.05) is 17.3 Å². The van der Waals surface area contributed by atoms with Gasteiger partial charge in [-0.25, -0.2) is 0 Å². The van der Waals surface area contributed by atoms with Gasteiger partial charge in [-0.2, -0.15) is 0 Å². The first-order chi connectivity index (χ1) is 14.9. The molecule has 0 aliphatic carbocycles. The number of amides is 2. The van der Waals surface area contributed by atoms with Crippen molar-refractivity contribution >= 4 is 51.9 Å². The fourth-order valence-corrected chi connectivity index (χ4v) is 4.45. The number of nitrogens with one attached hydrogen (secondary N) is 1. The van der Waals surface area contributed by atoms with Crippen LogP contribution in [0.15, 0.2) is 53.4 Å². The van der Waals surface area contributed by atoms with Gasteiger partial charge in [-0.05, 0) is 57.2 Å². The fraction of sp³-hybridized carbons (Fsp3) is 0.261. The second-order valence-corrected chi connectivity index (χ2v) is 8.65. The molecule has 31 heavy (non-hydrogen) atoms.